The average Bonchev–Trinajstić information content (AvgIpc) is 2.85. The van der Waals surface area contributed by atoms with Gasteiger partial charge in [0, 0.05) is 34.6 Å². The minimum atomic E-state index is 0.704. The van der Waals surface area contributed by atoms with E-state index >= 15 is 0 Å². The molecule has 0 N–H and O–H groups in total. The third kappa shape index (κ3) is 4.09. The first-order valence-corrected chi connectivity index (χ1v) is 10.2. The van der Waals surface area contributed by atoms with Gasteiger partial charge in [0.25, 0.3) is 0 Å². The molecule has 0 radical (unpaired) electrons. The monoisotopic (exact) mass is 400 g/mol. The van der Waals surface area contributed by atoms with Crippen molar-refractivity contribution in [3.63, 3.8) is 0 Å². The summed E-state index contributed by atoms with van der Waals surface area (Å²) in [6.45, 7) is 1.92. The molecule has 0 amide bonds. The van der Waals surface area contributed by atoms with Crippen molar-refractivity contribution in [1.29, 1.82) is 0 Å². The Bertz CT molecular complexity index is 1300. The molecule has 0 unspecified atom stereocenters. The van der Waals surface area contributed by atoms with Crippen molar-refractivity contribution in [2.75, 3.05) is 0 Å². The minimum absolute atomic E-state index is 0.704. The normalized spacial score (nSPS) is 10.7. The van der Waals surface area contributed by atoms with Crippen LogP contribution in [0.5, 0.6) is 0 Å². The van der Waals surface area contributed by atoms with Gasteiger partial charge >= 0.3 is 0 Å². The predicted octanol–water partition coefficient (Wildman–Crippen LogP) is 6.24. The topological polar surface area (TPSA) is 51.6 Å². The van der Waals surface area contributed by atoms with E-state index in [2.05, 4.69) is 56.3 Å². The van der Waals surface area contributed by atoms with Crippen LogP contribution in [0.1, 0.15) is 5.82 Å². The number of aromatic nitrogens is 4. The molecule has 0 aliphatic heterocycles. The van der Waals surface area contributed by atoms with Crippen LogP contribution in [0.25, 0.3) is 45.0 Å². The highest BCUT2D eigenvalue weighted by Gasteiger charge is 2.08. The maximum Gasteiger partial charge on any atom is 0.159 e. The van der Waals surface area contributed by atoms with Crippen molar-refractivity contribution in [2.24, 2.45) is 0 Å². The zero-order chi connectivity index (χ0) is 21.0. The summed E-state index contributed by atoms with van der Waals surface area (Å²) in [5, 5.41) is 0. The van der Waals surface area contributed by atoms with E-state index < -0.39 is 0 Å². The second-order valence-electron chi connectivity index (χ2n) is 7.29. The van der Waals surface area contributed by atoms with Gasteiger partial charge in [0.1, 0.15) is 5.82 Å². The second-order valence-corrected chi connectivity index (χ2v) is 7.29. The first kappa shape index (κ1) is 18.8. The van der Waals surface area contributed by atoms with Gasteiger partial charge in [-0.15, -0.1) is 0 Å². The Hall–Kier alpha value is -4.18. The molecule has 0 saturated heterocycles. The highest BCUT2D eigenvalue weighted by atomic mass is 14.9. The quantitative estimate of drug-likeness (QED) is 0.358. The molecule has 5 rings (SSSR count). The zero-order valence-corrected chi connectivity index (χ0v) is 17.1. The van der Waals surface area contributed by atoms with Crippen LogP contribution >= 0.6 is 0 Å². The Labute approximate surface area is 181 Å². The first-order chi connectivity index (χ1) is 15.3. The van der Waals surface area contributed by atoms with E-state index in [0.717, 1.165) is 45.0 Å². The van der Waals surface area contributed by atoms with Crippen LogP contribution in [0, 0.1) is 6.92 Å². The molecule has 0 saturated carbocycles. The van der Waals surface area contributed by atoms with Gasteiger partial charge in [0.15, 0.2) is 5.82 Å². The fourth-order valence-electron chi connectivity index (χ4n) is 3.52. The first-order valence-electron chi connectivity index (χ1n) is 10.2. The van der Waals surface area contributed by atoms with Gasteiger partial charge < -0.3 is 0 Å². The predicted molar refractivity (Wildman–Crippen MR) is 124 cm³/mol. The van der Waals surface area contributed by atoms with Crippen molar-refractivity contribution >= 4 is 0 Å². The Morgan fingerprint density at radius 3 is 1.55 bits per heavy atom. The maximum atomic E-state index is 4.63. The lowest BCUT2D eigenvalue weighted by Crippen LogP contribution is -1.95. The molecule has 3 aromatic carbocycles. The molecule has 5 aromatic rings. The number of aryl methyl sites for hydroxylation is 1. The molecule has 0 spiro atoms. The molecular weight excluding hydrogens is 380 g/mol. The second kappa shape index (κ2) is 8.28. The zero-order valence-electron chi connectivity index (χ0n) is 17.1. The highest BCUT2D eigenvalue weighted by molar-refractivity contribution is 5.70. The van der Waals surface area contributed by atoms with Crippen molar-refractivity contribution in [3.05, 3.63) is 109 Å². The Kier molecular flexibility index (Phi) is 5.03. The lowest BCUT2D eigenvalue weighted by Gasteiger charge is -2.08. The third-order valence-corrected chi connectivity index (χ3v) is 5.11. The van der Waals surface area contributed by atoms with E-state index in [4.69, 9.17) is 0 Å². The van der Waals surface area contributed by atoms with Gasteiger partial charge in [-0.2, -0.15) is 0 Å². The highest BCUT2D eigenvalue weighted by Crippen LogP contribution is 2.26. The van der Waals surface area contributed by atoms with E-state index in [0.29, 0.717) is 5.82 Å². The molecule has 2 heterocycles. The Morgan fingerprint density at radius 2 is 0.968 bits per heavy atom. The van der Waals surface area contributed by atoms with E-state index in [9.17, 15) is 0 Å². The smallest absolute Gasteiger partial charge is 0.159 e. The van der Waals surface area contributed by atoms with Crippen molar-refractivity contribution in [3.8, 4) is 45.0 Å². The van der Waals surface area contributed by atoms with Crippen LogP contribution in [0.4, 0.5) is 0 Å². The number of rotatable bonds is 4. The van der Waals surface area contributed by atoms with Crippen molar-refractivity contribution in [1.82, 2.24) is 19.9 Å². The molecule has 4 nitrogen and oxygen atoms in total. The number of hydrogen-bond donors (Lipinski definition) is 0. The largest absolute Gasteiger partial charge is 0.236 e. The summed E-state index contributed by atoms with van der Waals surface area (Å²) in [4.78, 5) is 18.3. The van der Waals surface area contributed by atoms with Gasteiger partial charge in [-0.25, -0.2) is 19.9 Å². The molecule has 2 aromatic heterocycles. The molecule has 4 heteroatoms. The fraction of sp³-hybridized carbons (Fsp3) is 0.0370. The Morgan fingerprint density at radius 1 is 0.484 bits per heavy atom. The van der Waals surface area contributed by atoms with E-state index in [1.54, 1.807) is 0 Å². The molecule has 148 valence electrons. The lowest BCUT2D eigenvalue weighted by atomic mass is 10.1. The number of nitrogens with zero attached hydrogens (tertiary/aromatic N) is 4. The van der Waals surface area contributed by atoms with Gasteiger partial charge in [-0.1, -0.05) is 84.9 Å². The minimum Gasteiger partial charge on any atom is -0.236 e. The van der Waals surface area contributed by atoms with Gasteiger partial charge in [-0.05, 0) is 18.6 Å². The van der Waals surface area contributed by atoms with Crippen LogP contribution in [0.15, 0.2) is 103 Å². The van der Waals surface area contributed by atoms with E-state index in [-0.39, 0.29) is 0 Å². The summed E-state index contributed by atoms with van der Waals surface area (Å²) in [7, 11) is 0. The van der Waals surface area contributed by atoms with E-state index in [1.807, 2.05) is 73.9 Å². The van der Waals surface area contributed by atoms with Crippen molar-refractivity contribution < 1.29 is 0 Å². The van der Waals surface area contributed by atoms with Crippen LogP contribution in [-0.2, 0) is 0 Å². The van der Waals surface area contributed by atoms with Crippen LogP contribution < -0.4 is 0 Å². The maximum absolute atomic E-state index is 4.63. The average molecular weight is 400 g/mol. The molecule has 0 aliphatic carbocycles. The molecule has 0 bridgehead atoms. The van der Waals surface area contributed by atoms with Crippen molar-refractivity contribution in [2.45, 2.75) is 6.92 Å². The van der Waals surface area contributed by atoms with Crippen LogP contribution in [-0.4, -0.2) is 19.9 Å². The van der Waals surface area contributed by atoms with Gasteiger partial charge in [0.2, 0.25) is 0 Å². The third-order valence-electron chi connectivity index (χ3n) is 5.11. The standard InChI is InChI=1S/C27H20N4/c1-19-30-25(21-10-6-3-7-11-21)16-26(31-19)22-12-14-23(15-13-22)27-28-17-24(18-29-27)20-8-4-2-5-9-20/h2-18H,1H3. The number of benzene rings is 3. The SMILES string of the molecule is Cc1nc(-c2ccccc2)cc(-c2ccc(-c3ncc(-c4ccccc4)cn3)cc2)n1. The molecular formula is C27H20N4. The van der Waals surface area contributed by atoms with Gasteiger partial charge in [-0.3, -0.25) is 0 Å². The van der Waals surface area contributed by atoms with Gasteiger partial charge in [0.05, 0.1) is 11.4 Å². The van der Waals surface area contributed by atoms with E-state index in [1.165, 1.54) is 0 Å². The fourth-order valence-corrected chi connectivity index (χ4v) is 3.52. The summed E-state index contributed by atoms with van der Waals surface area (Å²) in [6.07, 6.45) is 3.73. The molecule has 31 heavy (non-hydrogen) atoms. The summed E-state index contributed by atoms with van der Waals surface area (Å²) < 4.78 is 0. The summed E-state index contributed by atoms with van der Waals surface area (Å²) >= 11 is 0. The summed E-state index contributed by atoms with van der Waals surface area (Å²) in [6, 6.07) is 30.5. The van der Waals surface area contributed by atoms with Crippen LogP contribution in [0.2, 0.25) is 0 Å². The Balaban J connectivity index is 1.42. The summed E-state index contributed by atoms with van der Waals surface area (Å²) in [5.74, 6) is 1.45. The van der Waals surface area contributed by atoms with Crippen LogP contribution in [0.3, 0.4) is 0 Å². The molecule has 0 atom stereocenters. The lowest BCUT2D eigenvalue weighted by molar-refractivity contribution is 1.06. The summed E-state index contributed by atoms with van der Waals surface area (Å²) in [5.41, 5.74) is 7.02. The molecule has 0 aliphatic rings. The number of hydrogen-bond acceptors (Lipinski definition) is 4. The molecule has 0 fully saturated rings.